The fraction of sp³-hybridized carbons (Fsp3) is 0.167. The van der Waals surface area contributed by atoms with E-state index in [0.717, 1.165) is 22.3 Å². The maximum Gasteiger partial charge on any atom is 0.331 e. The summed E-state index contributed by atoms with van der Waals surface area (Å²) in [7, 11) is 0. The third-order valence-electron chi connectivity index (χ3n) is 4.64. The minimum Gasteiger partial charge on any atom is -0.489 e. The summed E-state index contributed by atoms with van der Waals surface area (Å²) in [5.41, 5.74) is 10.2. The molecule has 0 spiro atoms. The minimum absolute atomic E-state index is 0.258. The number of carbonyl (C=O) groups is 2. The molecule has 6 nitrogen and oxygen atoms in total. The molecule has 3 rings (SSSR count). The lowest BCUT2D eigenvalue weighted by Crippen LogP contribution is -2.32. The molecule has 4 N–H and O–H groups in total. The van der Waals surface area contributed by atoms with Crippen LogP contribution in [0.2, 0.25) is 0 Å². The quantitative estimate of drug-likeness (QED) is 0.532. The van der Waals surface area contributed by atoms with Crippen molar-refractivity contribution in [2.24, 2.45) is 5.73 Å². The third-order valence-corrected chi connectivity index (χ3v) is 4.64. The molecule has 154 valence electrons. The highest BCUT2D eigenvalue weighted by Gasteiger charge is 2.24. The molecule has 3 aromatic rings. The lowest BCUT2D eigenvalue weighted by molar-refractivity contribution is -0.141. The average Bonchev–Trinajstić information content (AvgIpc) is 2.76. The maximum atomic E-state index is 11.6. The van der Waals surface area contributed by atoms with E-state index in [0.29, 0.717) is 17.9 Å². The summed E-state index contributed by atoms with van der Waals surface area (Å²) in [6.45, 7) is 2.02. The van der Waals surface area contributed by atoms with E-state index in [4.69, 9.17) is 10.5 Å². The van der Waals surface area contributed by atoms with Crippen molar-refractivity contribution in [1.29, 1.82) is 0 Å². The summed E-state index contributed by atoms with van der Waals surface area (Å²) in [6.07, 6.45) is 0. The van der Waals surface area contributed by atoms with Gasteiger partial charge in [0.1, 0.15) is 12.4 Å². The van der Waals surface area contributed by atoms with E-state index < -0.39 is 17.9 Å². The highest BCUT2D eigenvalue weighted by molar-refractivity contribution is 5.84. The molecular formula is C24H24N2O4. The molecule has 30 heavy (non-hydrogen) atoms. The second kappa shape index (κ2) is 9.71. The van der Waals surface area contributed by atoms with Gasteiger partial charge in [0.05, 0.1) is 0 Å². The van der Waals surface area contributed by atoms with Crippen LogP contribution in [0.1, 0.15) is 29.7 Å². The summed E-state index contributed by atoms with van der Waals surface area (Å²) < 4.78 is 5.94. The van der Waals surface area contributed by atoms with Crippen LogP contribution in [0, 0.1) is 0 Å². The fourth-order valence-electron chi connectivity index (χ4n) is 3.21. The Labute approximate surface area is 175 Å². The molecule has 0 aliphatic heterocycles. The van der Waals surface area contributed by atoms with Gasteiger partial charge in [-0.15, -0.1) is 0 Å². The Morgan fingerprint density at radius 3 is 2.23 bits per heavy atom. The molecular weight excluding hydrogens is 380 g/mol. The zero-order valence-corrected chi connectivity index (χ0v) is 16.7. The first kappa shape index (κ1) is 21.1. The molecule has 0 heterocycles. The van der Waals surface area contributed by atoms with E-state index in [1.165, 1.54) is 6.92 Å². The molecule has 0 aromatic heterocycles. The predicted octanol–water partition coefficient (Wildman–Crippen LogP) is 3.65. The number of benzene rings is 3. The highest BCUT2D eigenvalue weighted by atomic mass is 16.5. The Balaban J connectivity index is 1.81. The lowest BCUT2D eigenvalue weighted by atomic mass is 10.0. The smallest absolute Gasteiger partial charge is 0.331 e. The zero-order valence-electron chi connectivity index (χ0n) is 16.7. The molecule has 0 fully saturated rings. The fourth-order valence-corrected chi connectivity index (χ4v) is 3.21. The number of rotatable bonds is 8. The number of aliphatic carboxylic acids is 1. The molecule has 0 aliphatic rings. The molecule has 3 aromatic carbocycles. The van der Waals surface area contributed by atoms with E-state index in [-0.39, 0.29) is 6.61 Å². The van der Waals surface area contributed by atoms with E-state index in [9.17, 15) is 14.7 Å². The number of carboxylic acid groups (broad SMARTS) is 1. The van der Waals surface area contributed by atoms with Crippen LogP contribution in [0.25, 0.3) is 11.1 Å². The van der Waals surface area contributed by atoms with Gasteiger partial charge >= 0.3 is 5.97 Å². The Morgan fingerprint density at radius 1 is 0.967 bits per heavy atom. The van der Waals surface area contributed by atoms with Gasteiger partial charge in [0, 0.05) is 19.0 Å². The van der Waals surface area contributed by atoms with Gasteiger partial charge in [-0.05, 0) is 40.5 Å². The Morgan fingerprint density at radius 2 is 1.60 bits per heavy atom. The molecule has 0 bridgehead atoms. The number of carboxylic acids is 1. The van der Waals surface area contributed by atoms with Crippen molar-refractivity contribution in [3.8, 4) is 16.9 Å². The number of hydrogen-bond acceptors (Lipinski definition) is 4. The lowest BCUT2D eigenvalue weighted by Gasteiger charge is -2.18. The number of ether oxygens (including phenoxy) is 1. The van der Waals surface area contributed by atoms with Crippen molar-refractivity contribution in [2.75, 3.05) is 0 Å². The van der Waals surface area contributed by atoms with Crippen molar-refractivity contribution in [1.82, 2.24) is 5.32 Å². The summed E-state index contributed by atoms with van der Waals surface area (Å²) in [5.74, 6) is -1.16. The van der Waals surface area contributed by atoms with Crippen molar-refractivity contribution < 1.29 is 19.4 Å². The van der Waals surface area contributed by atoms with Crippen LogP contribution in [-0.2, 0) is 22.7 Å². The van der Waals surface area contributed by atoms with Crippen molar-refractivity contribution in [3.05, 3.63) is 89.5 Å². The molecule has 1 unspecified atom stereocenters. The number of nitrogens with one attached hydrogen (secondary N) is 1. The summed E-state index contributed by atoms with van der Waals surface area (Å²) in [4.78, 5) is 23.1. The average molecular weight is 404 g/mol. The van der Waals surface area contributed by atoms with Crippen LogP contribution < -0.4 is 15.8 Å². The van der Waals surface area contributed by atoms with Crippen LogP contribution in [0.4, 0.5) is 0 Å². The van der Waals surface area contributed by atoms with Gasteiger partial charge in [-0.25, -0.2) is 4.79 Å². The molecule has 1 amide bonds. The van der Waals surface area contributed by atoms with Gasteiger partial charge in [0.15, 0.2) is 6.04 Å². The van der Waals surface area contributed by atoms with Gasteiger partial charge in [-0.2, -0.15) is 0 Å². The first-order valence-electron chi connectivity index (χ1n) is 9.58. The maximum absolute atomic E-state index is 11.6. The van der Waals surface area contributed by atoms with Crippen LogP contribution in [-0.4, -0.2) is 17.0 Å². The zero-order chi connectivity index (χ0) is 21.5. The van der Waals surface area contributed by atoms with Crippen LogP contribution >= 0.6 is 0 Å². The number of hydrogen-bond donors (Lipinski definition) is 3. The minimum atomic E-state index is -1.18. The largest absolute Gasteiger partial charge is 0.489 e. The van der Waals surface area contributed by atoms with Crippen molar-refractivity contribution in [2.45, 2.75) is 26.1 Å². The number of carbonyl (C=O) groups excluding carboxylic acids is 1. The molecule has 0 saturated carbocycles. The van der Waals surface area contributed by atoms with Gasteiger partial charge in [-0.1, -0.05) is 54.6 Å². The molecule has 0 saturated heterocycles. The summed E-state index contributed by atoms with van der Waals surface area (Å²) >= 11 is 0. The van der Waals surface area contributed by atoms with Gasteiger partial charge in [0.25, 0.3) is 0 Å². The number of nitrogens with two attached hydrogens (primary N) is 1. The normalized spacial score (nSPS) is 11.5. The summed E-state index contributed by atoms with van der Waals surface area (Å²) in [5, 5.41) is 12.0. The SMILES string of the molecule is CC(=O)NC(C(=O)O)c1ccccc1OCc1cccc(-c2cccc(CN)c2)c1. The van der Waals surface area contributed by atoms with Gasteiger partial charge < -0.3 is 20.9 Å². The predicted molar refractivity (Wildman–Crippen MR) is 115 cm³/mol. The van der Waals surface area contributed by atoms with Crippen molar-refractivity contribution >= 4 is 11.9 Å². The van der Waals surface area contributed by atoms with Crippen LogP contribution in [0.3, 0.4) is 0 Å². The van der Waals surface area contributed by atoms with E-state index >= 15 is 0 Å². The van der Waals surface area contributed by atoms with E-state index in [1.54, 1.807) is 24.3 Å². The second-order valence-electron chi connectivity index (χ2n) is 6.90. The first-order chi connectivity index (χ1) is 14.5. The Hall–Kier alpha value is -3.64. The van der Waals surface area contributed by atoms with Gasteiger partial charge in [0.2, 0.25) is 5.91 Å². The first-order valence-corrected chi connectivity index (χ1v) is 9.58. The molecule has 0 aliphatic carbocycles. The number of amides is 1. The highest BCUT2D eigenvalue weighted by Crippen LogP contribution is 2.27. The Bertz CT molecular complexity index is 1050. The topological polar surface area (TPSA) is 102 Å². The molecule has 0 radical (unpaired) electrons. The van der Waals surface area contributed by atoms with Crippen molar-refractivity contribution in [3.63, 3.8) is 0 Å². The second-order valence-corrected chi connectivity index (χ2v) is 6.90. The Kier molecular flexibility index (Phi) is 6.83. The monoisotopic (exact) mass is 404 g/mol. The van der Waals surface area contributed by atoms with Crippen LogP contribution in [0.5, 0.6) is 5.75 Å². The third kappa shape index (κ3) is 5.24. The van der Waals surface area contributed by atoms with E-state index in [1.807, 2.05) is 42.5 Å². The number of para-hydroxylation sites is 1. The summed E-state index contributed by atoms with van der Waals surface area (Å²) in [6, 6.07) is 21.6. The molecule has 6 heteroatoms. The van der Waals surface area contributed by atoms with E-state index in [2.05, 4.69) is 11.4 Å². The molecule has 1 atom stereocenters. The standard InChI is InChI=1S/C24H24N2O4/c1-16(27)26-23(24(28)29)21-10-2-3-11-22(21)30-15-18-7-5-9-20(13-18)19-8-4-6-17(12-19)14-25/h2-13,23H,14-15,25H2,1H3,(H,26,27)(H,28,29). The van der Waals surface area contributed by atoms with Crippen LogP contribution in [0.15, 0.2) is 72.8 Å². The van der Waals surface area contributed by atoms with Gasteiger partial charge in [-0.3, -0.25) is 4.79 Å².